The van der Waals surface area contributed by atoms with Crippen LogP contribution in [0.3, 0.4) is 0 Å². The van der Waals surface area contributed by atoms with Crippen molar-refractivity contribution in [2.45, 2.75) is 38.1 Å². The minimum absolute atomic E-state index is 0.299. The van der Waals surface area contributed by atoms with Crippen molar-refractivity contribution in [3.63, 3.8) is 0 Å². The minimum Gasteiger partial charge on any atom is -0.329 e. The lowest BCUT2D eigenvalue weighted by Gasteiger charge is -2.44. The van der Waals surface area contributed by atoms with Gasteiger partial charge in [-0.15, -0.1) is 0 Å². The second kappa shape index (κ2) is 5.03. The third-order valence-corrected chi connectivity index (χ3v) is 4.77. The molecule has 2 saturated heterocycles. The van der Waals surface area contributed by atoms with Crippen LogP contribution in [-0.2, 0) is 0 Å². The number of rotatable bonds is 3. The highest BCUT2D eigenvalue weighted by Gasteiger charge is 2.41. The number of nitrogens with two attached hydrogens (primary N) is 1. The van der Waals surface area contributed by atoms with Gasteiger partial charge in [0.1, 0.15) is 0 Å². The highest BCUT2D eigenvalue weighted by Crippen LogP contribution is 2.31. The van der Waals surface area contributed by atoms with E-state index in [1.54, 1.807) is 0 Å². The molecule has 0 bridgehead atoms. The zero-order chi connectivity index (χ0) is 11.6. The van der Waals surface area contributed by atoms with Gasteiger partial charge in [-0.05, 0) is 51.9 Å². The Kier molecular flexibility index (Phi) is 3.88. The van der Waals surface area contributed by atoms with Crippen molar-refractivity contribution in [2.24, 2.45) is 11.7 Å². The van der Waals surface area contributed by atoms with Crippen LogP contribution in [0.1, 0.15) is 32.6 Å². The van der Waals surface area contributed by atoms with E-state index in [2.05, 4.69) is 23.8 Å². The maximum Gasteiger partial charge on any atom is 0.0470 e. The number of hydrogen-bond acceptors (Lipinski definition) is 3. The van der Waals surface area contributed by atoms with Gasteiger partial charge in [0.2, 0.25) is 0 Å². The highest BCUT2D eigenvalue weighted by atomic mass is 15.3. The van der Waals surface area contributed by atoms with Gasteiger partial charge in [-0.2, -0.15) is 0 Å². The Labute approximate surface area is 100.0 Å². The number of likely N-dealkylation sites (N-methyl/N-ethyl adjacent to an activating group) is 1. The van der Waals surface area contributed by atoms with E-state index in [0.29, 0.717) is 5.54 Å². The third kappa shape index (κ3) is 2.27. The summed E-state index contributed by atoms with van der Waals surface area (Å²) in [7, 11) is 2.22. The molecular formula is C13H27N3. The first-order chi connectivity index (χ1) is 7.70. The molecule has 2 rings (SSSR count). The van der Waals surface area contributed by atoms with Crippen molar-refractivity contribution in [2.75, 3.05) is 39.8 Å². The van der Waals surface area contributed by atoms with Crippen molar-refractivity contribution in [1.82, 2.24) is 9.80 Å². The summed E-state index contributed by atoms with van der Waals surface area (Å²) in [6.45, 7) is 8.06. The second-order valence-corrected chi connectivity index (χ2v) is 5.75. The van der Waals surface area contributed by atoms with E-state index in [4.69, 9.17) is 5.73 Å². The number of nitrogens with zero attached hydrogens (tertiary/aromatic N) is 2. The molecule has 0 aromatic carbocycles. The molecule has 2 fully saturated rings. The van der Waals surface area contributed by atoms with Crippen molar-refractivity contribution >= 4 is 0 Å². The van der Waals surface area contributed by atoms with Crippen LogP contribution >= 0.6 is 0 Å². The normalized spacial score (nSPS) is 34.7. The monoisotopic (exact) mass is 225 g/mol. The van der Waals surface area contributed by atoms with E-state index in [-0.39, 0.29) is 0 Å². The Morgan fingerprint density at radius 3 is 2.38 bits per heavy atom. The summed E-state index contributed by atoms with van der Waals surface area (Å²) in [5.41, 5.74) is 6.36. The largest absolute Gasteiger partial charge is 0.329 e. The predicted octanol–water partition coefficient (Wildman–Crippen LogP) is 1.14. The van der Waals surface area contributed by atoms with E-state index in [9.17, 15) is 0 Å². The molecule has 2 heterocycles. The molecule has 3 nitrogen and oxygen atoms in total. The summed E-state index contributed by atoms with van der Waals surface area (Å²) in [4.78, 5) is 5.11. The molecule has 2 N–H and O–H groups in total. The maximum absolute atomic E-state index is 6.06. The van der Waals surface area contributed by atoms with Crippen molar-refractivity contribution in [3.05, 3.63) is 0 Å². The predicted molar refractivity (Wildman–Crippen MR) is 68.5 cm³/mol. The van der Waals surface area contributed by atoms with Gasteiger partial charge in [-0.25, -0.2) is 0 Å². The van der Waals surface area contributed by atoms with Gasteiger partial charge in [-0.1, -0.05) is 13.3 Å². The molecule has 94 valence electrons. The Balaban J connectivity index is 1.96. The first-order valence-corrected chi connectivity index (χ1v) is 6.84. The van der Waals surface area contributed by atoms with Gasteiger partial charge in [0.25, 0.3) is 0 Å². The molecule has 1 atom stereocenters. The summed E-state index contributed by atoms with van der Waals surface area (Å²) in [6, 6.07) is 0. The Hall–Kier alpha value is -0.120. The third-order valence-electron chi connectivity index (χ3n) is 4.77. The zero-order valence-electron chi connectivity index (χ0n) is 10.9. The molecule has 2 aliphatic heterocycles. The average Bonchev–Trinajstić information content (AvgIpc) is 2.72. The van der Waals surface area contributed by atoms with Crippen LogP contribution in [0, 0.1) is 5.92 Å². The van der Waals surface area contributed by atoms with Crippen molar-refractivity contribution in [3.8, 4) is 0 Å². The van der Waals surface area contributed by atoms with Crippen LogP contribution in [0.5, 0.6) is 0 Å². The molecule has 0 radical (unpaired) electrons. The van der Waals surface area contributed by atoms with Crippen LogP contribution in [0.4, 0.5) is 0 Å². The Morgan fingerprint density at radius 2 is 1.94 bits per heavy atom. The van der Waals surface area contributed by atoms with Gasteiger partial charge in [0, 0.05) is 18.6 Å². The van der Waals surface area contributed by atoms with Gasteiger partial charge >= 0.3 is 0 Å². The fourth-order valence-corrected chi connectivity index (χ4v) is 3.43. The molecule has 0 saturated carbocycles. The molecule has 16 heavy (non-hydrogen) atoms. The zero-order valence-corrected chi connectivity index (χ0v) is 10.9. The summed E-state index contributed by atoms with van der Waals surface area (Å²) in [5, 5.41) is 0. The first kappa shape index (κ1) is 12.3. The molecule has 1 unspecified atom stereocenters. The Morgan fingerprint density at radius 1 is 1.25 bits per heavy atom. The smallest absolute Gasteiger partial charge is 0.0470 e. The van der Waals surface area contributed by atoms with E-state index in [1.807, 2.05) is 0 Å². The molecule has 0 amide bonds. The van der Waals surface area contributed by atoms with Crippen LogP contribution in [0.2, 0.25) is 0 Å². The van der Waals surface area contributed by atoms with Crippen LogP contribution < -0.4 is 5.73 Å². The van der Waals surface area contributed by atoms with E-state index >= 15 is 0 Å². The lowest BCUT2D eigenvalue weighted by atomic mass is 9.88. The number of hydrogen-bond donors (Lipinski definition) is 1. The second-order valence-electron chi connectivity index (χ2n) is 5.75. The van der Waals surface area contributed by atoms with Gasteiger partial charge in [0.05, 0.1) is 0 Å². The quantitative estimate of drug-likeness (QED) is 0.782. The molecule has 0 aromatic rings. The van der Waals surface area contributed by atoms with Gasteiger partial charge in [0.15, 0.2) is 0 Å². The molecule has 0 spiro atoms. The standard InChI is InChI=1S/C13H27N3/c1-3-12-4-7-16(8-5-12)13(10-14)6-9-15(2)11-13/h12H,3-11,14H2,1-2H3. The molecule has 0 aromatic heterocycles. The van der Waals surface area contributed by atoms with Crippen LogP contribution in [0.25, 0.3) is 0 Å². The minimum atomic E-state index is 0.299. The fraction of sp³-hybridized carbons (Fsp3) is 1.00. The number of piperidine rings is 1. The fourth-order valence-electron chi connectivity index (χ4n) is 3.43. The van der Waals surface area contributed by atoms with Crippen molar-refractivity contribution < 1.29 is 0 Å². The van der Waals surface area contributed by atoms with E-state index in [0.717, 1.165) is 12.5 Å². The van der Waals surface area contributed by atoms with E-state index in [1.165, 1.54) is 51.9 Å². The summed E-state index contributed by atoms with van der Waals surface area (Å²) < 4.78 is 0. The molecular weight excluding hydrogens is 198 g/mol. The summed E-state index contributed by atoms with van der Waals surface area (Å²) in [5.74, 6) is 0.963. The summed E-state index contributed by atoms with van der Waals surface area (Å²) >= 11 is 0. The molecule has 2 aliphatic rings. The Bertz CT molecular complexity index is 223. The molecule has 3 heteroatoms. The van der Waals surface area contributed by atoms with Crippen LogP contribution in [-0.4, -0.2) is 55.1 Å². The van der Waals surface area contributed by atoms with Crippen LogP contribution in [0.15, 0.2) is 0 Å². The maximum atomic E-state index is 6.06. The van der Waals surface area contributed by atoms with E-state index < -0.39 is 0 Å². The first-order valence-electron chi connectivity index (χ1n) is 6.84. The summed E-state index contributed by atoms with van der Waals surface area (Å²) in [6.07, 6.45) is 5.37. The van der Waals surface area contributed by atoms with Gasteiger partial charge in [-0.3, -0.25) is 4.90 Å². The topological polar surface area (TPSA) is 32.5 Å². The van der Waals surface area contributed by atoms with Gasteiger partial charge < -0.3 is 10.6 Å². The van der Waals surface area contributed by atoms with Crippen molar-refractivity contribution in [1.29, 1.82) is 0 Å². The SMILES string of the molecule is CCC1CCN(C2(CN)CCN(C)C2)CC1. The lowest BCUT2D eigenvalue weighted by molar-refractivity contribution is 0.0609. The number of likely N-dealkylation sites (tertiary alicyclic amines) is 2. The highest BCUT2D eigenvalue weighted by molar-refractivity contribution is 5.00. The lowest BCUT2D eigenvalue weighted by Crippen LogP contribution is -2.57. The average molecular weight is 225 g/mol. The molecule has 0 aliphatic carbocycles.